The minimum absolute atomic E-state index is 0. The van der Waals surface area contributed by atoms with Crippen molar-refractivity contribution in [3.8, 4) is 45.0 Å². The zero-order valence-corrected chi connectivity index (χ0v) is 48.2. The van der Waals surface area contributed by atoms with Gasteiger partial charge >= 0.3 is 0 Å². The molecule has 0 bridgehead atoms. The third-order valence-electron chi connectivity index (χ3n) is 10.6. The minimum atomic E-state index is -0.125. The second-order valence-electron chi connectivity index (χ2n) is 16.5. The molecule has 0 atom stereocenters. The number of carbonyl (C=O) groups excluding carboxylic acids is 2. The summed E-state index contributed by atoms with van der Waals surface area (Å²) in [4.78, 5) is 37.5. The molecular formula is C66H60Ir2N4O4-4. The predicted octanol–water partition coefficient (Wildman–Crippen LogP) is 15.7. The summed E-state index contributed by atoms with van der Waals surface area (Å²) < 4.78 is 0. The van der Waals surface area contributed by atoms with Crippen molar-refractivity contribution < 1.29 is 60.0 Å². The first-order chi connectivity index (χ1) is 35.9. The van der Waals surface area contributed by atoms with Crippen LogP contribution in [0.25, 0.3) is 66.6 Å². The van der Waals surface area contributed by atoms with Gasteiger partial charge in [-0.15, -0.1) is 143 Å². The number of allylic oxidation sites excluding steroid dienone is 4. The molecule has 0 spiro atoms. The first kappa shape index (κ1) is 62.5. The number of hydrogen-bond acceptors (Lipinski definition) is 8. The molecule has 0 unspecified atom stereocenters. The summed E-state index contributed by atoms with van der Waals surface area (Å²) in [6, 6.07) is 73.6. The number of aliphatic hydroxyl groups is 2. The molecule has 10 aromatic rings. The van der Waals surface area contributed by atoms with Gasteiger partial charge in [-0.1, -0.05) is 99.5 Å². The SMILES string of the molecule is CC(=O)C=C(C)O.CC(=O)C=C(C)O.CCc1c[c-]c(-c2nccc3ccccc23)cc1.CCc1c[c-]c(-c2nccc3ccccc23)cc1.[Ir].[Ir].[c-]1ccccc1-c1ccccn1.[c-]1ccccc1-c1ccccn1. The quantitative estimate of drug-likeness (QED) is 0.0875. The summed E-state index contributed by atoms with van der Waals surface area (Å²) in [5.41, 5.74) is 10.8. The Kier molecular flexibility index (Phi) is 28.4. The number of hydrogen-bond donors (Lipinski definition) is 2. The number of aryl methyl sites for hydroxylation is 2. The van der Waals surface area contributed by atoms with E-state index in [1.165, 1.54) is 72.5 Å². The molecule has 6 aromatic carbocycles. The van der Waals surface area contributed by atoms with E-state index in [0.717, 1.165) is 57.9 Å². The summed E-state index contributed by atoms with van der Waals surface area (Å²) in [7, 11) is 0. The molecule has 10 heteroatoms. The molecule has 0 aliphatic heterocycles. The number of fused-ring (bicyclic) bond motifs is 2. The Hall–Kier alpha value is -7.84. The van der Waals surface area contributed by atoms with Crippen LogP contribution in [0.2, 0.25) is 0 Å². The van der Waals surface area contributed by atoms with Crippen LogP contribution in [0.15, 0.2) is 230 Å². The van der Waals surface area contributed by atoms with E-state index >= 15 is 0 Å². The Bertz CT molecular complexity index is 3000. The maximum Gasteiger partial charge on any atom is 0.155 e. The number of carbonyl (C=O) groups is 2. The fourth-order valence-corrected chi connectivity index (χ4v) is 7.05. The van der Waals surface area contributed by atoms with Gasteiger partial charge in [-0.3, -0.25) is 9.59 Å². The molecule has 2 radical (unpaired) electrons. The van der Waals surface area contributed by atoms with Crippen molar-refractivity contribution in [2.75, 3.05) is 0 Å². The number of aromatic nitrogens is 4. The van der Waals surface area contributed by atoms with E-state index in [0.29, 0.717) is 0 Å². The van der Waals surface area contributed by atoms with Gasteiger partial charge in [0.05, 0.1) is 11.5 Å². The minimum Gasteiger partial charge on any atom is -0.512 e. The molecule has 390 valence electrons. The second-order valence-corrected chi connectivity index (χ2v) is 16.5. The molecule has 4 heterocycles. The summed E-state index contributed by atoms with van der Waals surface area (Å²) >= 11 is 0. The molecule has 10 rings (SSSR count). The van der Waals surface area contributed by atoms with Crippen LogP contribution in [0.1, 0.15) is 52.7 Å². The summed E-state index contributed by atoms with van der Waals surface area (Å²) in [5.74, 6) is -0.125. The number of benzene rings is 6. The Morgan fingerprint density at radius 3 is 1.09 bits per heavy atom. The zero-order chi connectivity index (χ0) is 52.9. The van der Waals surface area contributed by atoms with E-state index in [-0.39, 0.29) is 63.3 Å². The van der Waals surface area contributed by atoms with Crippen LogP contribution in [0.4, 0.5) is 0 Å². The first-order valence-corrected chi connectivity index (χ1v) is 24.2. The van der Waals surface area contributed by atoms with Crippen molar-refractivity contribution in [1.82, 2.24) is 19.9 Å². The molecular weight excluding hydrogens is 1300 g/mol. The molecule has 0 amide bonds. The molecule has 76 heavy (non-hydrogen) atoms. The van der Waals surface area contributed by atoms with Gasteiger partial charge in [0.1, 0.15) is 0 Å². The van der Waals surface area contributed by atoms with Crippen LogP contribution in [0.5, 0.6) is 0 Å². The van der Waals surface area contributed by atoms with Crippen molar-refractivity contribution in [1.29, 1.82) is 0 Å². The van der Waals surface area contributed by atoms with E-state index in [4.69, 9.17) is 10.2 Å². The van der Waals surface area contributed by atoms with Gasteiger partial charge in [0, 0.05) is 77.2 Å². The van der Waals surface area contributed by atoms with Crippen molar-refractivity contribution >= 4 is 33.1 Å². The van der Waals surface area contributed by atoms with Crippen LogP contribution >= 0.6 is 0 Å². The number of nitrogens with zero attached hydrogens (tertiary/aromatic N) is 4. The largest absolute Gasteiger partial charge is 0.512 e. The third kappa shape index (κ3) is 21.6. The average Bonchev–Trinajstić information content (AvgIpc) is 3.44. The normalized spacial score (nSPS) is 10.2. The Labute approximate surface area is 475 Å². The zero-order valence-electron chi connectivity index (χ0n) is 43.4. The molecule has 0 saturated heterocycles. The fraction of sp³-hybridized carbons (Fsp3) is 0.121. The Morgan fingerprint density at radius 2 is 0.803 bits per heavy atom. The van der Waals surface area contributed by atoms with Crippen LogP contribution in [-0.4, -0.2) is 41.7 Å². The molecule has 8 nitrogen and oxygen atoms in total. The maximum atomic E-state index is 10.0. The summed E-state index contributed by atoms with van der Waals surface area (Å²) in [6.07, 6.45) is 11.7. The predicted molar refractivity (Wildman–Crippen MR) is 302 cm³/mol. The molecule has 2 N–H and O–H groups in total. The molecule has 0 saturated carbocycles. The van der Waals surface area contributed by atoms with Crippen LogP contribution in [0.3, 0.4) is 0 Å². The molecule has 0 aliphatic carbocycles. The third-order valence-corrected chi connectivity index (χ3v) is 10.6. The standard InChI is InChI=1S/2C17H14N.2C11H8N.2C5H8O2.2Ir/c2*1-2-13-7-9-15(10-8-13)17-16-6-4-3-5-14(16)11-12-18-17;2*1-2-6-10(7-3-1)11-8-4-5-9-12-11;2*1-4(6)3-5(2)7;;/h2*3-9,11-12H,2H2,1H3;2*1-6,8-9H;2*3,6H,1-2H3;;/q4*-1;;;;. The van der Waals surface area contributed by atoms with Crippen molar-refractivity contribution in [3.63, 3.8) is 0 Å². The molecule has 0 aliphatic rings. The van der Waals surface area contributed by atoms with Gasteiger partial charge in [0.15, 0.2) is 11.6 Å². The van der Waals surface area contributed by atoms with Gasteiger partial charge in [0.2, 0.25) is 0 Å². The number of ketones is 2. The fourth-order valence-electron chi connectivity index (χ4n) is 7.05. The van der Waals surface area contributed by atoms with Gasteiger partial charge < -0.3 is 30.1 Å². The van der Waals surface area contributed by atoms with Gasteiger partial charge in [-0.2, -0.15) is 0 Å². The second kappa shape index (κ2) is 34.6. The Balaban J connectivity index is 0.000000248. The molecule has 4 aromatic heterocycles. The Morgan fingerprint density at radius 1 is 0.421 bits per heavy atom. The monoisotopic (exact) mass is 1360 g/mol. The number of pyridine rings is 4. The van der Waals surface area contributed by atoms with Crippen LogP contribution < -0.4 is 0 Å². The number of aliphatic hydroxyl groups excluding tert-OH is 2. The van der Waals surface area contributed by atoms with E-state index in [2.05, 4.69) is 131 Å². The topological polar surface area (TPSA) is 126 Å². The summed E-state index contributed by atoms with van der Waals surface area (Å²) in [6.45, 7) is 10.0. The van der Waals surface area contributed by atoms with Crippen molar-refractivity contribution in [2.24, 2.45) is 0 Å². The molecule has 0 fully saturated rings. The van der Waals surface area contributed by atoms with E-state index in [9.17, 15) is 9.59 Å². The first-order valence-electron chi connectivity index (χ1n) is 24.2. The number of rotatable bonds is 8. The van der Waals surface area contributed by atoms with Crippen molar-refractivity contribution in [2.45, 2.75) is 54.4 Å². The van der Waals surface area contributed by atoms with Gasteiger partial charge in [0.25, 0.3) is 0 Å². The smallest absolute Gasteiger partial charge is 0.155 e. The van der Waals surface area contributed by atoms with Crippen LogP contribution in [-0.2, 0) is 62.6 Å². The average molecular weight is 1360 g/mol. The van der Waals surface area contributed by atoms with Gasteiger partial charge in [-0.25, -0.2) is 0 Å². The van der Waals surface area contributed by atoms with Crippen LogP contribution in [0, 0.1) is 24.3 Å². The summed E-state index contributed by atoms with van der Waals surface area (Å²) in [5, 5.41) is 21.5. The van der Waals surface area contributed by atoms with E-state index in [1.807, 2.05) is 122 Å². The van der Waals surface area contributed by atoms with Gasteiger partial charge in [-0.05, 0) is 96.3 Å². The van der Waals surface area contributed by atoms with E-state index in [1.54, 1.807) is 12.4 Å². The van der Waals surface area contributed by atoms with E-state index < -0.39 is 0 Å². The van der Waals surface area contributed by atoms with Crippen molar-refractivity contribution in [3.05, 3.63) is 266 Å². The maximum absolute atomic E-state index is 10.0.